The van der Waals surface area contributed by atoms with E-state index in [1.165, 1.54) is 12.8 Å². The van der Waals surface area contributed by atoms with Crippen LogP contribution in [0, 0.1) is 0 Å². The normalized spacial score (nSPS) is 17.2. The molecule has 1 aliphatic rings. The lowest BCUT2D eigenvalue weighted by Gasteiger charge is -2.33. The molecule has 0 aromatic carbocycles. The van der Waals surface area contributed by atoms with Crippen molar-refractivity contribution in [2.45, 2.75) is 39.2 Å². The molecule has 0 atom stereocenters. The van der Waals surface area contributed by atoms with Gasteiger partial charge < -0.3 is 5.73 Å². The van der Waals surface area contributed by atoms with Crippen molar-refractivity contribution in [3.05, 3.63) is 36.3 Å². The van der Waals surface area contributed by atoms with Crippen molar-refractivity contribution in [1.29, 1.82) is 0 Å². The summed E-state index contributed by atoms with van der Waals surface area (Å²) in [5, 5.41) is 4.24. The zero-order valence-electron chi connectivity index (χ0n) is 10.6. The lowest BCUT2D eigenvalue weighted by molar-refractivity contribution is 0.0818. The summed E-state index contributed by atoms with van der Waals surface area (Å²) in [6.45, 7) is 7.99. The van der Waals surface area contributed by atoms with E-state index in [9.17, 15) is 0 Å². The smallest absolute Gasteiger partial charge is 0.0542 e. The zero-order valence-corrected chi connectivity index (χ0v) is 10.6. The predicted molar refractivity (Wildman–Crippen MR) is 69.1 cm³/mol. The van der Waals surface area contributed by atoms with Gasteiger partial charge in [-0.3, -0.25) is 10.0 Å². The minimum atomic E-state index is 0.611. The Morgan fingerprint density at radius 2 is 2.12 bits per heavy atom. The van der Waals surface area contributed by atoms with Crippen molar-refractivity contribution < 1.29 is 0 Å². The van der Waals surface area contributed by atoms with Crippen LogP contribution in [-0.2, 0) is 0 Å². The van der Waals surface area contributed by atoms with E-state index in [4.69, 9.17) is 5.73 Å². The van der Waals surface area contributed by atoms with E-state index < -0.39 is 0 Å². The largest absolute Gasteiger partial charge is 0.397 e. The first-order chi connectivity index (χ1) is 7.61. The van der Waals surface area contributed by atoms with Gasteiger partial charge in [-0.25, -0.2) is 0 Å². The third-order valence-electron chi connectivity index (χ3n) is 2.89. The second-order valence-corrected chi connectivity index (χ2v) is 4.17. The van der Waals surface area contributed by atoms with Gasteiger partial charge in [0.15, 0.2) is 0 Å². The van der Waals surface area contributed by atoms with E-state index in [-0.39, 0.29) is 0 Å². The van der Waals surface area contributed by atoms with Crippen LogP contribution in [0.4, 0.5) is 0 Å². The first kappa shape index (κ1) is 12.7. The van der Waals surface area contributed by atoms with Crippen LogP contribution in [0.3, 0.4) is 0 Å². The standard InChI is InChI=1S/C13H23N3/c1-5-7-8-13(14)11(3)15(4)16(6-2)12-9-10-12/h6-8,12H,2,5,9-10,14H2,1,3-4H3/b8-7-,13-11+. The highest BCUT2D eigenvalue weighted by atomic mass is 15.6. The van der Waals surface area contributed by atoms with Crippen LogP contribution >= 0.6 is 0 Å². The summed E-state index contributed by atoms with van der Waals surface area (Å²) < 4.78 is 0. The van der Waals surface area contributed by atoms with Crippen molar-refractivity contribution in [2.24, 2.45) is 5.73 Å². The molecule has 3 heteroatoms. The summed E-state index contributed by atoms with van der Waals surface area (Å²) >= 11 is 0. The van der Waals surface area contributed by atoms with Crippen molar-refractivity contribution in [1.82, 2.24) is 10.0 Å². The van der Waals surface area contributed by atoms with Crippen LogP contribution in [0.1, 0.15) is 33.1 Å². The number of rotatable bonds is 6. The molecule has 0 amide bonds. The monoisotopic (exact) mass is 221 g/mol. The molecule has 3 nitrogen and oxygen atoms in total. The Morgan fingerprint density at radius 1 is 1.50 bits per heavy atom. The summed E-state index contributed by atoms with van der Waals surface area (Å²) in [5.74, 6) is 0. The molecular weight excluding hydrogens is 198 g/mol. The van der Waals surface area contributed by atoms with Crippen LogP contribution in [0.25, 0.3) is 0 Å². The van der Waals surface area contributed by atoms with E-state index in [1.807, 2.05) is 26.2 Å². The van der Waals surface area contributed by atoms with Crippen LogP contribution in [0.15, 0.2) is 36.3 Å². The van der Waals surface area contributed by atoms with Crippen molar-refractivity contribution in [2.75, 3.05) is 7.05 Å². The number of allylic oxidation sites excluding steroid dienone is 3. The summed E-state index contributed by atoms with van der Waals surface area (Å²) in [7, 11) is 2.03. The molecule has 2 N–H and O–H groups in total. The van der Waals surface area contributed by atoms with Gasteiger partial charge in [-0.15, -0.1) is 0 Å². The highest BCUT2D eigenvalue weighted by Gasteiger charge is 2.29. The van der Waals surface area contributed by atoms with Gasteiger partial charge in [0.1, 0.15) is 0 Å². The molecule has 16 heavy (non-hydrogen) atoms. The molecule has 1 aliphatic carbocycles. The maximum absolute atomic E-state index is 6.01. The van der Waals surface area contributed by atoms with Gasteiger partial charge in [0.05, 0.1) is 17.4 Å². The molecule has 0 saturated heterocycles. The minimum absolute atomic E-state index is 0.611. The summed E-state index contributed by atoms with van der Waals surface area (Å²) in [4.78, 5) is 0. The molecule has 0 radical (unpaired) electrons. The van der Waals surface area contributed by atoms with E-state index in [0.29, 0.717) is 6.04 Å². The first-order valence-electron chi connectivity index (χ1n) is 5.89. The van der Waals surface area contributed by atoms with E-state index >= 15 is 0 Å². The van der Waals surface area contributed by atoms with Crippen molar-refractivity contribution >= 4 is 0 Å². The molecule has 1 rings (SSSR count). The molecule has 0 spiro atoms. The molecular formula is C13H23N3. The Labute approximate surface area is 98.9 Å². The van der Waals surface area contributed by atoms with E-state index in [2.05, 4.69) is 29.6 Å². The maximum atomic E-state index is 6.01. The Morgan fingerprint density at radius 3 is 2.56 bits per heavy atom. The molecule has 0 bridgehead atoms. The predicted octanol–water partition coefficient (Wildman–Crippen LogP) is 2.60. The molecule has 0 aromatic heterocycles. The van der Waals surface area contributed by atoms with Gasteiger partial charge in [-0.05, 0) is 32.3 Å². The maximum Gasteiger partial charge on any atom is 0.0542 e. The zero-order chi connectivity index (χ0) is 12.1. The fraction of sp³-hybridized carbons (Fsp3) is 0.538. The molecule has 0 unspecified atom stereocenters. The fourth-order valence-electron chi connectivity index (χ4n) is 1.58. The lowest BCUT2D eigenvalue weighted by atomic mass is 10.3. The number of nitrogens with zero attached hydrogens (tertiary/aromatic N) is 2. The highest BCUT2D eigenvalue weighted by molar-refractivity contribution is 5.20. The number of hydrogen-bond donors (Lipinski definition) is 1. The Balaban J connectivity index is 2.73. The summed E-state index contributed by atoms with van der Waals surface area (Å²) in [6.07, 6.45) is 9.41. The topological polar surface area (TPSA) is 32.5 Å². The number of hydrogen-bond acceptors (Lipinski definition) is 3. The Hall–Kier alpha value is -1.38. The van der Waals surface area contributed by atoms with Gasteiger partial charge >= 0.3 is 0 Å². The van der Waals surface area contributed by atoms with Crippen molar-refractivity contribution in [3.8, 4) is 0 Å². The highest BCUT2D eigenvalue weighted by Crippen LogP contribution is 2.29. The van der Waals surface area contributed by atoms with E-state index in [1.54, 1.807) is 0 Å². The Bertz CT molecular complexity index is 300. The van der Waals surface area contributed by atoms with Gasteiger partial charge in [0.25, 0.3) is 0 Å². The molecule has 1 fully saturated rings. The second kappa shape index (κ2) is 5.64. The van der Waals surface area contributed by atoms with Crippen LogP contribution in [-0.4, -0.2) is 23.1 Å². The third-order valence-corrected chi connectivity index (χ3v) is 2.89. The van der Waals surface area contributed by atoms with Crippen molar-refractivity contribution in [3.63, 3.8) is 0 Å². The van der Waals surface area contributed by atoms with Gasteiger partial charge in [0.2, 0.25) is 0 Å². The lowest BCUT2D eigenvalue weighted by Crippen LogP contribution is -2.36. The SMILES string of the molecule is C=CN(C1CC1)N(C)/C(C)=C(N)\C=C/CC. The first-order valence-corrected chi connectivity index (χ1v) is 5.89. The fourth-order valence-corrected chi connectivity index (χ4v) is 1.58. The van der Waals surface area contributed by atoms with Gasteiger partial charge in [-0.2, -0.15) is 0 Å². The second-order valence-electron chi connectivity index (χ2n) is 4.17. The third kappa shape index (κ3) is 3.05. The number of nitrogens with two attached hydrogens (primary N) is 1. The minimum Gasteiger partial charge on any atom is -0.397 e. The number of hydrazine groups is 1. The average Bonchev–Trinajstić information content (AvgIpc) is 3.10. The van der Waals surface area contributed by atoms with Gasteiger partial charge in [-0.1, -0.05) is 19.6 Å². The van der Waals surface area contributed by atoms with Crippen LogP contribution in [0.5, 0.6) is 0 Å². The molecule has 0 aromatic rings. The summed E-state index contributed by atoms with van der Waals surface area (Å²) in [5.41, 5.74) is 7.89. The summed E-state index contributed by atoms with van der Waals surface area (Å²) in [6, 6.07) is 0.611. The molecule has 0 heterocycles. The van der Waals surface area contributed by atoms with E-state index in [0.717, 1.165) is 17.8 Å². The van der Waals surface area contributed by atoms with Crippen LogP contribution in [0.2, 0.25) is 0 Å². The van der Waals surface area contributed by atoms with Gasteiger partial charge in [0, 0.05) is 13.2 Å². The quantitative estimate of drug-likeness (QED) is 0.553. The Kier molecular flexibility index (Phi) is 4.47. The molecule has 90 valence electrons. The average molecular weight is 221 g/mol. The molecule has 1 saturated carbocycles. The van der Waals surface area contributed by atoms with Crippen LogP contribution < -0.4 is 5.73 Å². The molecule has 0 aliphatic heterocycles.